The molecule has 6 heteroatoms. The first-order chi connectivity index (χ1) is 10.2. The first-order valence-corrected chi connectivity index (χ1v) is 7.24. The van der Waals surface area contributed by atoms with Crippen LogP contribution in [-0.4, -0.2) is 29.0 Å². The SMILES string of the molecule is O=C(Nc1ccc(N2CCCC2)cc1)c1cncc(Cl)n1. The van der Waals surface area contributed by atoms with Crippen molar-refractivity contribution >= 4 is 28.9 Å². The standard InChI is InChI=1S/C15H15ClN4O/c16-14-10-17-9-13(19-14)15(21)18-11-3-5-12(6-4-11)20-7-1-2-8-20/h3-6,9-10H,1-2,7-8H2,(H,18,21). The van der Waals surface area contributed by atoms with E-state index in [-0.39, 0.29) is 16.8 Å². The lowest BCUT2D eigenvalue weighted by Crippen LogP contribution is -2.17. The zero-order valence-corrected chi connectivity index (χ0v) is 12.2. The second-order valence-corrected chi connectivity index (χ2v) is 5.31. The normalized spacial score (nSPS) is 14.2. The first kappa shape index (κ1) is 13.8. The maximum atomic E-state index is 12.0. The molecule has 0 spiro atoms. The molecular formula is C15H15ClN4O. The Bertz CT molecular complexity index is 638. The van der Waals surface area contributed by atoms with Gasteiger partial charge in [0.1, 0.15) is 10.8 Å². The molecular weight excluding hydrogens is 288 g/mol. The summed E-state index contributed by atoms with van der Waals surface area (Å²) >= 11 is 5.73. The predicted octanol–water partition coefficient (Wildman–Crippen LogP) is 2.98. The number of nitrogens with zero attached hydrogens (tertiary/aromatic N) is 3. The summed E-state index contributed by atoms with van der Waals surface area (Å²) in [4.78, 5) is 22.1. The molecule has 0 saturated carbocycles. The highest BCUT2D eigenvalue weighted by Crippen LogP contribution is 2.22. The van der Waals surface area contributed by atoms with Crippen LogP contribution in [0.2, 0.25) is 5.15 Å². The molecule has 1 N–H and O–H groups in total. The summed E-state index contributed by atoms with van der Waals surface area (Å²) in [5.74, 6) is -0.320. The molecule has 1 fully saturated rings. The molecule has 1 amide bonds. The van der Waals surface area contributed by atoms with Crippen molar-refractivity contribution in [3.8, 4) is 0 Å². The Balaban J connectivity index is 1.68. The van der Waals surface area contributed by atoms with E-state index < -0.39 is 0 Å². The molecule has 1 aromatic heterocycles. The fourth-order valence-electron chi connectivity index (χ4n) is 2.38. The average molecular weight is 303 g/mol. The zero-order chi connectivity index (χ0) is 14.7. The second-order valence-electron chi connectivity index (χ2n) is 4.92. The summed E-state index contributed by atoms with van der Waals surface area (Å²) in [5.41, 5.74) is 2.11. The smallest absolute Gasteiger partial charge is 0.275 e. The van der Waals surface area contributed by atoms with Gasteiger partial charge in [-0.05, 0) is 37.1 Å². The van der Waals surface area contributed by atoms with Gasteiger partial charge in [0, 0.05) is 24.5 Å². The molecule has 5 nitrogen and oxygen atoms in total. The van der Waals surface area contributed by atoms with Gasteiger partial charge in [-0.15, -0.1) is 0 Å². The van der Waals surface area contributed by atoms with Gasteiger partial charge in [0.25, 0.3) is 5.91 Å². The van der Waals surface area contributed by atoms with Crippen molar-refractivity contribution in [3.05, 3.63) is 47.5 Å². The van der Waals surface area contributed by atoms with Gasteiger partial charge in [0.2, 0.25) is 0 Å². The van der Waals surface area contributed by atoms with Crippen LogP contribution in [0.1, 0.15) is 23.3 Å². The van der Waals surface area contributed by atoms with E-state index in [1.807, 2.05) is 24.3 Å². The molecule has 2 heterocycles. The van der Waals surface area contributed by atoms with Crippen LogP contribution < -0.4 is 10.2 Å². The van der Waals surface area contributed by atoms with E-state index in [0.717, 1.165) is 18.8 Å². The van der Waals surface area contributed by atoms with Crippen molar-refractivity contribution in [1.29, 1.82) is 0 Å². The number of carbonyl (C=O) groups is 1. The van der Waals surface area contributed by atoms with Gasteiger partial charge < -0.3 is 10.2 Å². The Morgan fingerprint density at radius 2 is 1.86 bits per heavy atom. The molecule has 21 heavy (non-hydrogen) atoms. The van der Waals surface area contributed by atoms with E-state index in [2.05, 4.69) is 20.2 Å². The quantitative estimate of drug-likeness (QED) is 0.947. The van der Waals surface area contributed by atoms with Crippen LogP contribution in [0.4, 0.5) is 11.4 Å². The van der Waals surface area contributed by atoms with Crippen molar-refractivity contribution in [2.45, 2.75) is 12.8 Å². The number of benzene rings is 1. The number of rotatable bonds is 3. The van der Waals surface area contributed by atoms with Crippen molar-refractivity contribution in [1.82, 2.24) is 9.97 Å². The van der Waals surface area contributed by atoms with Crippen molar-refractivity contribution in [3.63, 3.8) is 0 Å². The van der Waals surface area contributed by atoms with Crippen LogP contribution >= 0.6 is 11.6 Å². The van der Waals surface area contributed by atoms with Crippen LogP contribution in [0.3, 0.4) is 0 Å². The Morgan fingerprint density at radius 1 is 1.14 bits per heavy atom. The largest absolute Gasteiger partial charge is 0.372 e. The number of hydrogen-bond donors (Lipinski definition) is 1. The topological polar surface area (TPSA) is 58.1 Å². The molecule has 108 valence electrons. The fourth-order valence-corrected chi connectivity index (χ4v) is 2.53. The molecule has 0 unspecified atom stereocenters. The van der Waals surface area contributed by atoms with E-state index in [1.54, 1.807) is 0 Å². The lowest BCUT2D eigenvalue weighted by Gasteiger charge is -2.17. The van der Waals surface area contributed by atoms with Gasteiger partial charge in [-0.25, -0.2) is 4.98 Å². The minimum atomic E-state index is -0.320. The number of halogens is 1. The predicted molar refractivity (Wildman–Crippen MR) is 82.9 cm³/mol. The Kier molecular flexibility index (Phi) is 4.01. The maximum Gasteiger partial charge on any atom is 0.275 e. The van der Waals surface area contributed by atoms with E-state index in [0.29, 0.717) is 0 Å². The third kappa shape index (κ3) is 3.31. The molecule has 3 rings (SSSR count). The highest BCUT2D eigenvalue weighted by atomic mass is 35.5. The van der Waals surface area contributed by atoms with Crippen molar-refractivity contribution in [2.75, 3.05) is 23.3 Å². The fraction of sp³-hybridized carbons (Fsp3) is 0.267. The minimum absolute atomic E-state index is 0.200. The van der Waals surface area contributed by atoms with E-state index in [9.17, 15) is 4.79 Å². The molecule has 2 aromatic rings. The zero-order valence-electron chi connectivity index (χ0n) is 11.4. The van der Waals surface area contributed by atoms with E-state index in [4.69, 9.17) is 11.6 Å². The van der Waals surface area contributed by atoms with Gasteiger partial charge in [-0.3, -0.25) is 9.78 Å². The lowest BCUT2D eigenvalue weighted by atomic mass is 10.2. The number of anilines is 2. The third-order valence-corrected chi connectivity index (χ3v) is 3.62. The highest BCUT2D eigenvalue weighted by molar-refractivity contribution is 6.29. The van der Waals surface area contributed by atoms with Gasteiger partial charge in [-0.2, -0.15) is 0 Å². The number of carbonyl (C=O) groups excluding carboxylic acids is 1. The summed E-state index contributed by atoms with van der Waals surface area (Å²) in [7, 11) is 0. The summed E-state index contributed by atoms with van der Waals surface area (Å²) in [6.07, 6.45) is 5.26. The Morgan fingerprint density at radius 3 is 2.52 bits per heavy atom. The van der Waals surface area contributed by atoms with Crippen molar-refractivity contribution in [2.24, 2.45) is 0 Å². The number of hydrogen-bond acceptors (Lipinski definition) is 4. The molecule has 1 aliphatic rings. The molecule has 0 radical (unpaired) electrons. The minimum Gasteiger partial charge on any atom is -0.372 e. The molecule has 0 bridgehead atoms. The number of aromatic nitrogens is 2. The maximum absolute atomic E-state index is 12.0. The van der Waals surface area contributed by atoms with Crippen molar-refractivity contribution < 1.29 is 4.79 Å². The van der Waals surface area contributed by atoms with Crippen LogP contribution in [0, 0.1) is 0 Å². The number of nitrogens with one attached hydrogen (secondary N) is 1. The van der Waals surface area contributed by atoms with Gasteiger partial charge in [0.15, 0.2) is 0 Å². The second kappa shape index (κ2) is 6.10. The van der Waals surface area contributed by atoms with E-state index >= 15 is 0 Å². The lowest BCUT2D eigenvalue weighted by molar-refractivity contribution is 0.102. The molecule has 1 aromatic carbocycles. The van der Waals surface area contributed by atoms with Crippen LogP contribution in [0.25, 0.3) is 0 Å². The molecule has 1 aliphatic heterocycles. The number of amides is 1. The highest BCUT2D eigenvalue weighted by Gasteiger charge is 2.13. The third-order valence-electron chi connectivity index (χ3n) is 3.43. The van der Waals surface area contributed by atoms with E-state index in [1.165, 1.54) is 30.9 Å². The van der Waals surface area contributed by atoms with Crippen LogP contribution in [0.5, 0.6) is 0 Å². The Labute approximate surface area is 128 Å². The molecule has 0 atom stereocenters. The van der Waals surface area contributed by atoms with Crippen LogP contribution in [-0.2, 0) is 0 Å². The van der Waals surface area contributed by atoms with Gasteiger partial charge >= 0.3 is 0 Å². The molecule has 0 aliphatic carbocycles. The summed E-state index contributed by atoms with van der Waals surface area (Å²) < 4.78 is 0. The average Bonchev–Trinajstić information content (AvgIpc) is 3.02. The first-order valence-electron chi connectivity index (χ1n) is 6.86. The summed E-state index contributed by atoms with van der Waals surface area (Å²) in [5, 5.41) is 2.99. The molecule has 1 saturated heterocycles. The summed E-state index contributed by atoms with van der Waals surface area (Å²) in [6, 6.07) is 7.82. The monoisotopic (exact) mass is 302 g/mol. The van der Waals surface area contributed by atoms with Gasteiger partial charge in [-0.1, -0.05) is 11.6 Å². The summed E-state index contributed by atoms with van der Waals surface area (Å²) in [6.45, 7) is 2.20. The van der Waals surface area contributed by atoms with Gasteiger partial charge in [0.05, 0.1) is 12.4 Å². The Hall–Kier alpha value is -2.14. The van der Waals surface area contributed by atoms with Crippen LogP contribution in [0.15, 0.2) is 36.7 Å².